The first-order valence-corrected chi connectivity index (χ1v) is 6.82. The summed E-state index contributed by atoms with van der Waals surface area (Å²) in [7, 11) is 0. The fraction of sp³-hybridized carbons (Fsp3) is 0. The van der Waals surface area contributed by atoms with E-state index in [1.807, 2.05) is 42.5 Å². The van der Waals surface area contributed by atoms with Crippen LogP contribution in [0.15, 0.2) is 66.7 Å². The fourth-order valence-electron chi connectivity index (χ4n) is 3.00. The van der Waals surface area contributed by atoms with Crippen LogP contribution >= 0.6 is 0 Å². The van der Waals surface area contributed by atoms with Gasteiger partial charge in [-0.2, -0.15) is 0 Å². The molecule has 0 saturated carbocycles. The van der Waals surface area contributed by atoms with Gasteiger partial charge in [-0.15, -0.1) is 0 Å². The minimum absolute atomic E-state index is 0.485. The van der Waals surface area contributed by atoms with Gasteiger partial charge >= 0.3 is 0 Å². The van der Waals surface area contributed by atoms with Gasteiger partial charge in [-0.25, -0.2) is 0 Å². The van der Waals surface area contributed by atoms with E-state index in [9.17, 15) is 4.79 Å². The van der Waals surface area contributed by atoms with Crippen molar-refractivity contribution in [2.24, 2.45) is 0 Å². The van der Waals surface area contributed by atoms with Crippen LogP contribution in [-0.4, -0.2) is 6.47 Å². The molecule has 4 rings (SSSR count). The first-order valence-electron chi connectivity index (χ1n) is 6.82. The molecule has 0 bridgehead atoms. The largest absolute Gasteiger partial charge is 0.428 e. The van der Waals surface area contributed by atoms with Crippen molar-refractivity contribution in [1.29, 1.82) is 0 Å². The normalized spacial score (nSPS) is 11.0. The smallest absolute Gasteiger partial charge is 0.298 e. The van der Waals surface area contributed by atoms with Crippen LogP contribution in [-0.2, 0) is 4.79 Å². The summed E-state index contributed by atoms with van der Waals surface area (Å²) < 4.78 is 5.14. The van der Waals surface area contributed by atoms with E-state index in [0.717, 1.165) is 16.7 Å². The van der Waals surface area contributed by atoms with Gasteiger partial charge in [-0.05, 0) is 28.3 Å². The molecule has 3 aromatic carbocycles. The second kappa shape index (κ2) is 4.60. The van der Waals surface area contributed by atoms with E-state index in [0.29, 0.717) is 12.2 Å². The predicted octanol–water partition coefficient (Wildman–Crippen LogP) is 4.54. The van der Waals surface area contributed by atoms with Gasteiger partial charge in [0.1, 0.15) is 5.75 Å². The maximum Gasteiger partial charge on any atom is 0.298 e. The highest BCUT2D eigenvalue weighted by atomic mass is 16.5. The highest BCUT2D eigenvalue weighted by Crippen LogP contribution is 2.55. The Morgan fingerprint density at radius 3 is 2.05 bits per heavy atom. The topological polar surface area (TPSA) is 26.3 Å². The molecule has 100 valence electrons. The molecule has 2 heteroatoms. The van der Waals surface area contributed by atoms with E-state index >= 15 is 0 Å². The Balaban J connectivity index is 1.97. The zero-order chi connectivity index (χ0) is 14.2. The molecule has 0 amide bonds. The monoisotopic (exact) mass is 272 g/mol. The van der Waals surface area contributed by atoms with Crippen molar-refractivity contribution in [3.05, 3.63) is 66.7 Å². The summed E-state index contributed by atoms with van der Waals surface area (Å²) >= 11 is 0. The van der Waals surface area contributed by atoms with Crippen molar-refractivity contribution in [2.75, 3.05) is 0 Å². The Kier molecular flexibility index (Phi) is 2.61. The lowest BCUT2D eigenvalue weighted by Crippen LogP contribution is -2.04. The van der Waals surface area contributed by atoms with E-state index in [1.54, 1.807) is 0 Å². The van der Waals surface area contributed by atoms with Crippen LogP contribution in [0, 0.1) is 0 Å². The molecule has 0 N–H and O–H groups in total. The molecule has 0 saturated heterocycles. The Hall–Kier alpha value is -2.87. The number of benzene rings is 3. The van der Waals surface area contributed by atoms with Crippen LogP contribution in [0.1, 0.15) is 0 Å². The van der Waals surface area contributed by atoms with E-state index in [-0.39, 0.29) is 0 Å². The van der Waals surface area contributed by atoms with Crippen molar-refractivity contribution < 1.29 is 9.53 Å². The van der Waals surface area contributed by atoms with Gasteiger partial charge in [-0.3, -0.25) is 4.79 Å². The first-order chi connectivity index (χ1) is 10.4. The molecule has 0 aromatic heterocycles. The standard InChI is InChI=1S/C19H12O2/c20-12-21-17-11-10-14(13-6-2-1-3-7-13)18-15-8-4-5-9-16(15)19(17)18/h1-12H. The summed E-state index contributed by atoms with van der Waals surface area (Å²) in [5.74, 6) is 0.624. The van der Waals surface area contributed by atoms with E-state index in [4.69, 9.17) is 4.74 Å². The van der Waals surface area contributed by atoms with Gasteiger partial charge in [0, 0.05) is 11.1 Å². The third-order valence-corrected chi connectivity index (χ3v) is 3.89. The highest BCUT2D eigenvalue weighted by molar-refractivity contribution is 6.11. The van der Waals surface area contributed by atoms with Crippen molar-refractivity contribution in [3.8, 4) is 39.1 Å². The molecule has 0 radical (unpaired) electrons. The average Bonchev–Trinajstić information content (AvgIpc) is 2.53. The molecule has 0 fully saturated rings. The minimum Gasteiger partial charge on any atom is -0.428 e. The van der Waals surface area contributed by atoms with E-state index in [1.165, 1.54) is 16.7 Å². The summed E-state index contributed by atoms with van der Waals surface area (Å²) in [5, 5.41) is 0. The van der Waals surface area contributed by atoms with Crippen LogP contribution in [0.2, 0.25) is 0 Å². The number of ether oxygens (including phenoxy) is 1. The third kappa shape index (κ3) is 1.69. The Morgan fingerprint density at radius 2 is 1.33 bits per heavy atom. The number of hydrogen-bond donors (Lipinski definition) is 0. The van der Waals surface area contributed by atoms with Crippen molar-refractivity contribution >= 4 is 6.47 Å². The van der Waals surface area contributed by atoms with Crippen LogP contribution in [0.4, 0.5) is 0 Å². The first kappa shape index (κ1) is 11.9. The maximum atomic E-state index is 10.7. The second-order valence-electron chi connectivity index (χ2n) is 4.99. The molecule has 0 aliphatic heterocycles. The zero-order valence-electron chi connectivity index (χ0n) is 11.2. The van der Waals surface area contributed by atoms with Gasteiger partial charge in [0.25, 0.3) is 6.47 Å². The molecular formula is C19H12O2. The predicted molar refractivity (Wildman–Crippen MR) is 83.0 cm³/mol. The molecule has 0 spiro atoms. The van der Waals surface area contributed by atoms with Crippen molar-refractivity contribution in [2.45, 2.75) is 0 Å². The maximum absolute atomic E-state index is 10.7. The Labute approximate surface area is 122 Å². The van der Waals surface area contributed by atoms with E-state index < -0.39 is 0 Å². The van der Waals surface area contributed by atoms with Gasteiger partial charge in [0.05, 0.1) is 0 Å². The molecule has 1 aliphatic carbocycles. The molecule has 1 aliphatic rings. The lowest BCUT2D eigenvalue weighted by Gasteiger charge is -2.28. The van der Waals surface area contributed by atoms with Crippen LogP contribution < -0.4 is 4.74 Å². The SMILES string of the molecule is O=COc1ccc(-c2ccccc2)c2c1-c1ccccc1-2. The van der Waals surface area contributed by atoms with Crippen LogP contribution in [0.3, 0.4) is 0 Å². The highest BCUT2D eigenvalue weighted by Gasteiger charge is 2.29. The second-order valence-corrected chi connectivity index (χ2v) is 4.99. The third-order valence-electron chi connectivity index (χ3n) is 3.89. The average molecular weight is 272 g/mol. The summed E-state index contributed by atoms with van der Waals surface area (Å²) in [5.41, 5.74) is 6.88. The fourth-order valence-corrected chi connectivity index (χ4v) is 3.00. The Morgan fingerprint density at radius 1 is 0.667 bits per heavy atom. The molecule has 0 atom stereocenters. The van der Waals surface area contributed by atoms with Crippen molar-refractivity contribution in [1.82, 2.24) is 0 Å². The van der Waals surface area contributed by atoms with Gasteiger partial charge in [0.15, 0.2) is 0 Å². The molecular weight excluding hydrogens is 260 g/mol. The summed E-state index contributed by atoms with van der Waals surface area (Å²) in [6.45, 7) is 0.485. The lowest BCUT2D eigenvalue weighted by atomic mass is 9.76. The number of rotatable bonds is 3. The zero-order valence-corrected chi connectivity index (χ0v) is 11.2. The lowest BCUT2D eigenvalue weighted by molar-refractivity contribution is -0.120. The van der Waals surface area contributed by atoms with Gasteiger partial charge in [0.2, 0.25) is 0 Å². The quantitative estimate of drug-likeness (QED) is 0.512. The van der Waals surface area contributed by atoms with Crippen molar-refractivity contribution in [3.63, 3.8) is 0 Å². The van der Waals surface area contributed by atoms with E-state index in [2.05, 4.69) is 24.3 Å². The number of carbonyl (C=O) groups is 1. The Bertz CT molecular complexity index is 835. The molecule has 21 heavy (non-hydrogen) atoms. The van der Waals surface area contributed by atoms with Crippen LogP contribution in [0.5, 0.6) is 5.75 Å². The minimum atomic E-state index is 0.485. The summed E-state index contributed by atoms with van der Waals surface area (Å²) in [4.78, 5) is 10.7. The van der Waals surface area contributed by atoms with Crippen LogP contribution in [0.25, 0.3) is 33.4 Å². The molecule has 0 unspecified atom stereocenters. The van der Waals surface area contributed by atoms with Gasteiger partial charge < -0.3 is 4.74 Å². The molecule has 0 heterocycles. The summed E-state index contributed by atoms with van der Waals surface area (Å²) in [6.07, 6.45) is 0. The number of carbonyl (C=O) groups excluding carboxylic acids is 1. The molecule has 3 aromatic rings. The molecule has 2 nitrogen and oxygen atoms in total. The number of hydrogen-bond acceptors (Lipinski definition) is 2. The summed E-state index contributed by atoms with van der Waals surface area (Å²) in [6, 6.07) is 22.3. The number of fused-ring (bicyclic) bond motifs is 4. The van der Waals surface area contributed by atoms with Gasteiger partial charge in [-0.1, -0.05) is 60.7 Å².